The standard InChI is InChI=1S/C3H7NO7S2/c1-12(6,7)10-3(5)4-11-13(2,8)9/h1-2H3,(H,4,5). The molecule has 0 aliphatic heterocycles. The Morgan fingerprint density at radius 2 is 1.54 bits per heavy atom. The number of rotatable bonds is 3. The topological polar surface area (TPSA) is 116 Å². The first-order chi connectivity index (χ1) is 5.60. The molecule has 1 amide bonds. The highest BCUT2D eigenvalue weighted by atomic mass is 32.2. The van der Waals surface area contributed by atoms with Gasteiger partial charge in [0.15, 0.2) is 0 Å². The van der Waals surface area contributed by atoms with E-state index in [-0.39, 0.29) is 0 Å². The Bertz CT molecular complexity index is 378. The van der Waals surface area contributed by atoms with E-state index in [9.17, 15) is 21.6 Å². The first-order valence-corrected chi connectivity index (χ1v) is 6.31. The van der Waals surface area contributed by atoms with Crippen molar-refractivity contribution >= 4 is 26.3 Å². The van der Waals surface area contributed by atoms with Gasteiger partial charge in [-0.1, -0.05) is 0 Å². The molecule has 0 heterocycles. The Morgan fingerprint density at radius 1 is 1.08 bits per heavy atom. The van der Waals surface area contributed by atoms with Crippen LogP contribution >= 0.6 is 0 Å². The Hall–Kier alpha value is -0.870. The molecule has 78 valence electrons. The Balaban J connectivity index is 4.07. The van der Waals surface area contributed by atoms with Crippen molar-refractivity contribution < 1.29 is 30.1 Å². The summed E-state index contributed by atoms with van der Waals surface area (Å²) in [5.41, 5.74) is 1.25. The largest absolute Gasteiger partial charge is 0.448 e. The number of hydrogen-bond donors (Lipinski definition) is 1. The summed E-state index contributed by atoms with van der Waals surface area (Å²) >= 11 is 0. The first-order valence-electron chi connectivity index (χ1n) is 2.68. The third-order valence-electron chi connectivity index (χ3n) is 0.503. The number of hydrogen-bond acceptors (Lipinski definition) is 7. The molecule has 0 bridgehead atoms. The van der Waals surface area contributed by atoms with Crippen molar-refractivity contribution in [1.29, 1.82) is 0 Å². The summed E-state index contributed by atoms with van der Waals surface area (Å²) in [4.78, 5) is 10.4. The molecule has 0 radical (unpaired) electrons. The Morgan fingerprint density at radius 3 is 1.85 bits per heavy atom. The maximum absolute atomic E-state index is 10.4. The fraction of sp³-hybridized carbons (Fsp3) is 0.667. The normalized spacial score (nSPS) is 12.2. The molecule has 0 fully saturated rings. The lowest BCUT2D eigenvalue weighted by molar-refractivity contribution is 0.148. The van der Waals surface area contributed by atoms with Crippen LogP contribution < -0.4 is 5.48 Å². The lowest BCUT2D eigenvalue weighted by Gasteiger charge is -2.01. The van der Waals surface area contributed by atoms with Crippen molar-refractivity contribution in [2.75, 3.05) is 12.5 Å². The van der Waals surface area contributed by atoms with E-state index in [1.54, 1.807) is 0 Å². The number of hydroxylamine groups is 1. The summed E-state index contributed by atoms with van der Waals surface area (Å²) in [5.74, 6) is 0. The molecule has 0 rings (SSSR count). The lowest BCUT2D eigenvalue weighted by Crippen LogP contribution is -2.28. The summed E-state index contributed by atoms with van der Waals surface area (Å²) in [6.07, 6.45) is -0.256. The van der Waals surface area contributed by atoms with E-state index in [1.807, 2.05) is 0 Å². The lowest BCUT2D eigenvalue weighted by atomic mass is 11.3. The van der Waals surface area contributed by atoms with Gasteiger partial charge >= 0.3 is 16.2 Å². The first kappa shape index (κ1) is 12.1. The number of nitrogens with one attached hydrogen (secondary N) is 1. The summed E-state index contributed by atoms with van der Waals surface area (Å²) in [7, 11) is -7.86. The molecule has 0 spiro atoms. The zero-order valence-electron chi connectivity index (χ0n) is 6.67. The summed E-state index contributed by atoms with van der Waals surface area (Å²) in [6, 6.07) is 0. The van der Waals surface area contributed by atoms with Crippen LogP contribution in [-0.4, -0.2) is 35.4 Å². The Labute approximate surface area is 75.0 Å². The van der Waals surface area contributed by atoms with Gasteiger partial charge < -0.3 is 4.18 Å². The van der Waals surface area contributed by atoms with Gasteiger partial charge in [-0.15, -0.1) is 4.28 Å². The molecule has 0 aromatic carbocycles. The van der Waals surface area contributed by atoms with E-state index in [0.29, 0.717) is 12.5 Å². The average Bonchev–Trinajstić information content (AvgIpc) is 1.78. The van der Waals surface area contributed by atoms with Crippen LogP contribution in [0.1, 0.15) is 0 Å². The van der Waals surface area contributed by atoms with E-state index in [0.717, 1.165) is 0 Å². The minimum Gasteiger partial charge on any atom is -0.327 e. The van der Waals surface area contributed by atoms with Crippen molar-refractivity contribution in [1.82, 2.24) is 5.48 Å². The van der Waals surface area contributed by atoms with Gasteiger partial charge in [-0.3, -0.25) is 0 Å². The third-order valence-corrected chi connectivity index (χ3v) is 1.34. The molecule has 8 nitrogen and oxygen atoms in total. The molecule has 0 aromatic heterocycles. The molecule has 0 unspecified atom stereocenters. The summed E-state index contributed by atoms with van der Waals surface area (Å²) < 4.78 is 48.5. The zero-order chi connectivity index (χ0) is 10.7. The van der Waals surface area contributed by atoms with Crippen molar-refractivity contribution in [2.24, 2.45) is 0 Å². The van der Waals surface area contributed by atoms with Gasteiger partial charge in [-0.25, -0.2) is 4.79 Å². The number of carbonyl (C=O) groups is 1. The minimum atomic E-state index is -3.98. The predicted molar refractivity (Wildman–Crippen MR) is 40.4 cm³/mol. The van der Waals surface area contributed by atoms with Crippen LogP contribution in [0.25, 0.3) is 0 Å². The molecular formula is C3H7NO7S2. The number of amides is 1. The molecule has 10 heteroatoms. The molecular weight excluding hydrogens is 226 g/mol. The van der Waals surface area contributed by atoms with Gasteiger partial charge in [0.25, 0.3) is 10.1 Å². The molecule has 0 saturated carbocycles. The second kappa shape index (κ2) is 3.89. The van der Waals surface area contributed by atoms with Crippen LogP contribution in [0.2, 0.25) is 0 Å². The molecule has 0 aliphatic rings. The third kappa shape index (κ3) is 9.04. The number of carbonyl (C=O) groups excluding carboxylic acids is 1. The second-order valence-corrected chi connectivity index (χ2v) is 5.11. The van der Waals surface area contributed by atoms with E-state index < -0.39 is 26.3 Å². The molecule has 0 atom stereocenters. The van der Waals surface area contributed by atoms with Gasteiger partial charge in [0, 0.05) is 0 Å². The summed E-state index contributed by atoms with van der Waals surface area (Å²) in [6.45, 7) is 0. The monoisotopic (exact) mass is 233 g/mol. The van der Waals surface area contributed by atoms with E-state index in [4.69, 9.17) is 0 Å². The maximum atomic E-state index is 10.4. The highest BCUT2D eigenvalue weighted by Gasteiger charge is 2.12. The molecule has 0 aliphatic carbocycles. The molecule has 0 aromatic rings. The van der Waals surface area contributed by atoms with Gasteiger partial charge in [-0.05, 0) is 0 Å². The van der Waals surface area contributed by atoms with Crippen molar-refractivity contribution in [3.05, 3.63) is 0 Å². The second-order valence-electron chi connectivity index (χ2n) is 1.96. The van der Waals surface area contributed by atoms with Crippen molar-refractivity contribution in [3.8, 4) is 0 Å². The molecule has 0 saturated heterocycles. The van der Waals surface area contributed by atoms with Crippen molar-refractivity contribution in [3.63, 3.8) is 0 Å². The van der Waals surface area contributed by atoms with Gasteiger partial charge in [-0.2, -0.15) is 22.3 Å². The molecule has 1 N–H and O–H groups in total. The fourth-order valence-corrected chi connectivity index (χ4v) is 0.793. The highest BCUT2D eigenvalue weighted by Crippen LogP contribution is 1.89. The van der Waals surface area contributed by atoms with Crippen LogP contribution in [0.15, 0.2) is 0 Å². The zero-order valence-corrected chi connectivity index (χ0v) is 8.31. The van der Waals surface area contributed by atoms with E-state index >= 15 is 0 Å². The fourth-order valence-electron chi connectivity index (χ4n) is 0.264. The SMILES string of the molecule is CS(=O)(=O)ONC(=O)OS(C)(=O)=O. The van der Waals surface area contributed by atoms with Crippen LogP contribution in [-0.2, 0) is 28.7 Å². The van der Waals surface area contributed by atoms with Crippen LogP contribution in [0.5, 0.6) is 0 Å². The predicted octanol–water partition coefficient (Wildman–Crippen LogP) is -1.44. The Kier molecular flexibility index (Phi) is 3.63. The molecule has 13 heavy (non-hydrogen) atoms. The van der Waals surface area contributed by atoms with Crippen molar-refractivity contribution in [2.45, 2.75) is 0 Å². The van der Waals surface area contributed by atoms with Crippen LogP contribution in [0, 0.1) is 0 Å². The summed E-state index contributed by atoms with van der Waals surface area (Å²) in [5, 5.41) is 0. The quantitative estimate of drug-likeness (QED) is 0.469. The van der Waals surface area contributed by atoms with E-state index in [1.165, 1.54) is 5.48 Å². The van der Waals surface area contributed by atoms with Crippen LogP contribution in [0.4, 0.5) is 4.79 Å². The van der Waals surface area contributed by atoms with Gasteiger partial charge in [0.2, 0.25) is 0 Å². The smallest absolute Gasteiger partial charge is 0.327 e. The highest BCUT2D eigenvalue weighted by molar-refractivity contribution is 7.86. The maximum Gasteiger partial charge on any atom is 0.448 e. The van der Waals surface area contributed by atoms with E-state index in [2.05, 4.69) is 8.47 Å². The van der Waals surface area contributed by atoms with Gasteiger partial charge in [0.1, 0.15) is 0 Å². The van der Waals surface area contributed by atoms with Crippen LogP contribution in [0.3, 0.4) is 0 Å². The average molecular weight is 233 g/mol. The van der Waals surface area contributed by atoms with Gasteiger partial charge in [0.05, 0.1) is 12.5 Å². The minimum absolute atomic E-state index is 0.618.